The van der Waals surface area contributed by atoms with Crippen LogP contribution in [0.15, 0.2) is 59.6 Å². The Morgan fingerprint density at radius 3 is 2.50 bits per heavy atom. The Hall–Kier alpha value is -2.84. The van der Waals surface area contributed by atoms with Crippen molar-refractivity contribution < 1.29 is 18.7 Å². The highest BCUT2D eigenvalue weighted by Gasteiger charge is 2.54. The number of ether oxygens (including phenoxy) is 2. The number of rotatable bonds is 4. The Bertz CT molecular complexity index is 1600. The minimum Gasteiger partial charge on any atom is -0.490 e. The van der Waals surface area contributed by atoms with Gasteiger partial charge in [0.05, 0.1) is 22.2 Å². The van der Waals surface area contributed by atoms with E-state index in [2.05, 4.69) is 11.4 Å². The third kappa shape index (κ3) is 5.92. The van der Waals surface area contributed by atoms with E-state index in [4.69, 9.17) is 49.3 Å². The van der Waals surface area contributed by atoms with Gasteiger partial charge in [0.25, 0.3) is 0 Å². The average molecular weight is 659 g/mol. The molecule has 0 unspecified atom stereocenters. The Balaban J connectivity index is 1.38. The second-order valence-corrected chi connectivity index (χ2v) is 14.0. The van der Waals surface area contributed by atoms with Crippen LogP contribution in [0.5, 0.6) is 5.75 Å². The van der Waals surface area contributed by atoms with Gasteiger partial charge in [0.15, 0.2) is 0 Å². The number of hydrogen-bond acceptors (Lipinski definition) is 5. The highest BCUT2D eigenvalue weighted by Crippen LogP contribution is 2.58. The van der Waals surface area contributed by atoms with Gasteiger partial charge in [-0.1, -0.05) is 53.0 Å². The Morgan fingerprint density at radius 2 is 1.77 bits per heavy atom. The summed E-state index contributed by atoms with van der Waals surface area (Å²) >= 11 is 19.3. The predicted octanol–water partition coefficient (Wildman–Crippen LogP) is 9.04. The molecule has 0 bridgehead atoms. The smallest absolute Gasteiger partial charge is 0.410 e. The van der Waals surface area contributed by atoms with Crippen LogP contribution in [0.3, 0.4) is 0 Å². The van der Waals surface area contributed by atoms with Crippen LogP contribution in [0, 0.1) is 5.82 Å². The summed E-state index contributed by atoms with van der Waals surface area (Å²) in [4.78, 5) is 19.1. The molecule has 0 radical (unpaired) electrons. The van der Waals surface area contributed by atoms with Gasteiger partial charge in [-0.05, 0) is 81.3 Å². The number of piperidine rings is 2. The highest BCUT2D eigenvalue weighted by molar-refractivity contribution is 6.31. The number of benzene rings is 3. The van der Waals surface area contributed by atoms with Gasteiger partial charge >= 0.3 is 6.09 Å². The van der Waals surface area contributed by atoms with Gasteiger partial charge in [-0.3, -0.25) is 4.99 Å². The Morgan fingerprint density at radius 1 is 1.02 bits per heavy atom. The molecule has 0 saturated carbocycles. The molecule has 10 heteroatoms. The summed E-state index contributed by atoms with van der Waals surface area (Å²) in [5.74, 6) is -0.196. The van der Waals surface area contributed by atoms with Crippen LogP contribution in [0.2, 0.25) is 15.1 Å². The second kappa shape index (κ2) is 12.2. The highest BCUT2D eigenvalue weighted by atomic mass is 35.5. The lowest BCUT2D eigenvalue weighted by atomic mass is 9.60. The molecule has 6 nitrogen and oxygen atoms in total. The number of nitrogens with one attached hydrogen (secondary N) is 1. The van der Waals surface area contributed by atoms with E-state index < -0.39 is 22.9 Å². The Labute approximate surface area is 272 Å². The first-order valence-electron chi connectivity index (χ1n) is 14.9. The summed E-state index contributed by atoms with van der Waals surface area (Å²) in [7, 11) is 0. The summed E-state index contributed by atoms with van der Waals surface area (Å²) in [6, 6.07) is 16.2. The molecule has 0 aliphatic carbocycles. The zero-order valence-electron chi connectivity index (χ0n) is 24.9. The monoisotopic (exact) mass is 657 g/mol. The predicted molar refractivity (Wildman–Crippen MR) is 174 cm³/mol. The minimum absolute atomic E-state index is 0.0141. The maximum absolute atomic E-state index is 16.4. The largest absolute Gasteiger partial charge is 0.490 e. The van der Waals surface area contributed by atoms with E-state index in [1.807, 2.05) is 63.4 Å². The molecule has 3 aliphatic heterocycles. The summed E-state index contributed by atoms with van der Waals surface area (Å²) in [5, 5.41) is 4.85. The molecule has 1 spiro atoms. The molecule has 6 rings (SSSR count). The van der Waals surface area contributed by atoms with Gasteiger partial charge in [0.2, 0.25) is 0 Å². The summed E-state index contributed by atoms with van der Waals surface area (Å²) in [6.07, 6.45) is 3.31. The average Bonchev–Trinajstić information content (AvgIpc) is 3.33. The molecular formula is C34H35Cl3FN3O3. The van der Waals surface area contributed by atoms with Crippen LogP contribution in [0.4, 0.5) is 14.9 Å². The first-order chi connectivity index (χ1) is 21.0. The topological polar surface area (TPSA) is 63.2 Å². The van der Waals surface area contributed by atoms with Crippen molar-refractivity contribution in [2.75, 3.05) is 19.6 Å². The molecule has 3 aromatic rings. The maximum Gasteiger partial charge on any atom is 0.410 e. The van der Waals surface area contributed by atoms with E-state index in [0.717, 1.165) is 23.2 Å². The van der Waals surface area contributed by atoms with Gasteiger partial charge in [-0.2, -0.15) is 0 Å². The SMILES string of the molecule is CC(C)(C)OC(=O)N1CCC(Oc2ccc(Cl)c(F)c2[C@@H]2NCC[C@@H](c3cccc(Cl)c3)[C@]23C=Nc2cc(Cl)ccc23)CC1. The van der Waals surface area contributed by atoms with Gasteiger partial charge in [0.1, 0.15) is 23.3 Å². The number of halogens is 4. The molecule has 3 aromatic carbocycles. The summed E-state index contributed by atoms with van der Waals surface area (Å²) in [5.41, 5.74) is 1.73. The van der Waals surface area contributed by atoms with Crippen LogP contribution < -0.4 is 10.1 Å². The van der Waals surface area contributed by atoms with Crippen molar-refractivity contribution in [2.45, 2.75) is 69.1 Å². The third-order valence-electron chi connectivity index (χ3n) is 8.70. The Kier molecular flexibility index (Phi) is 8.61. The van der Waals surface area contributed by atoms with E-state index in [0.29, 0.717) is 53.8 Å². The van der Waals surface area contributed by atoms with Gasteiger partial charge < -0.3 is 19.7 Å². The fourth-order valence-corrected chi connectivity index (χ4v) is 7.33. The number of fused-ring (bicyclic) bond motifs is 2. The van der Waals surface area contributed by atoms with Crippen LogP contribution in [0.1, 0.15) is 68.7 Å². The molecule has 3 heterocycles. The van der Waals surface area contributed by atoms with E-state index in [1.54, 1.807) is 11.0 Å². The molecule has 232 valence electrons. The fourth-order valence-electron chi connectivity index (χ4n) is 6.80. The first kappa shape index (κ1) is 31.2. The number of aliphatic imine (C=N–C) groups is 1. The lowest BCUT2D eigenvalue weighted by Gasteiger charge is -2.48. The first-order valence-corrected chi connectivity index (χ1v) is 16.1. The molecule has 3 aliphatic rings. The summed E-state index contributed by atoms with van der Waals surface area (Å²) < 4.78 is 28.5. The van der Waals surface area contributed by atoms with Crippen molar-refractivity contribution >= 4 is 52.8 Å². The van der Waals surface area contributed by atoms with Crippen molar-refractivity contribution in [3.05, 3.63) is 92.2 Å². The standard InChI is InChI=1S/C34H35Cl3FN3O3/c1-33(2,3)44-32(42)41-15-12-23(13-16-41)43-28-10-9-26(37)30(38)29(28)31-34(19-40-27-18-22(36)7-8-25(27)34)24(11-14-39-31)20-5-4-6-21(35)17-20/h4-10,17-19,23-24,31,39H,11-16H2,1-3H3/t24-,31-,34-/m0/s1. The van der Waals surface area contributed by atoms with Crippen molar-refractivity contribution in [2.24, 2.45) is 4.99 Å². The third-order valence-corrected chi connectivity index (χ3v) is 9.46. The fraction of sp³-hybridized carbons (Fsp3) is 0.412. The number of likely N-dealkylation sites (tertiary alicyclic amines) is 1. The maximum atomic E-state index is 16.4. The van der Waals surface area contributed by atoms with Gasteiger partial charge in [0, 0.05) is 53.7 Å². The normalized spacial score (nSPS) is 23.6. The molecule has 1 amide bonds. The van der Waals surface area contributed by atoms with Crippen molar-refractivity contribution in [3.63, 3.8) is 0 Å². The van der Waals surface area contributed by atoms with Crippen molar-refractivity contribution in [1.82, 2.24) is 10.2 Å². The quantitative estimate of drug-likeness (QED) is 0.304. The number of carbonyl (C=O) groups excluding carboxylic acids is 1. The molecule has 1 N–H and O–H groups in total. The lowest BCUT2D eigenvalue weighted by Crippen LogP contribution is -2.52. The number of amides is 1. The second-order valence-electron chi connectivity index (χ2n) is 12.7. The number of hydrogen-bond donors (Lipinski definition) is 1. The zero-order chi connectivity index (χ0) is 31.2. The van der Waals surface area contributed by atoms with Crippen molar-refractivity contribution in [3.8, 4) is 5.75 Å². The van der Waals surface area contributed by atoms with Crippen LogP contribution in [-0.4, -0.2) is 48.5 Å². The number of nitrogens with zero attached hydrogens (tertiary/aromatic N) is 2. The number of carbonyl (C=O) groups is 1. The zero-order valence-corrected chi connectivity index (χ0v) is 27.1. The van der Waals surface area contributed by atoms with E-state index >= 15 is 4.39 Å². The summed E-state index contributed by atoms with van der Waals surface area (Å²) in [6.45, 7) is 7.13. The minimum atomic E-state index is -0.785. The van der Waals surface area contributed by atoms with E-state index in [1.165, 1.54) is 6.07 Å². The van der Waals surface area contributed by atoms with E-state index in [-0.39, 0.29) is 23.1 Å². The molecule has 2 saturated heterocycles. The molecule has 2 fully saturated rings. The van der Waals surface area contributed by atoms with Crippen LogP contribution >= 0.6 is 34.8 Å². The molecule has 0 aromatic heterocycles. The van der Waals surface area contributed by atoms with E-state index in [9.17, 15) is 4.79 Å². The lowest BCUT2D eigenvalue weighted by molar-refractivity contribution is 0.0124. The molecular weight excluding hydrogens is 624 g/mol. The van der Waals surface area contributed by atoms with Gasteiger partial charge in [-0.15, -0.1) is 0 Å². The molecule has 3 atom stereocenters. The van der Waals surface area contributed by atoms with Crippen molar-refractivity contribution in [1.29, 1.82) is 0 Å². The van der Waals surface area contributed by atoms with Crippen LogP contribution in [-0.2, 0) is 10.2 Å². The molecule has 44 heavy (non-hydrogen) atoms. The van der Waals surface area contributed by atoms with Gasteiger partial charge in [-0.25, -0.2) is 9.18 Å². The van der Waals surface area contributed by atoms with Crippen LogP contribution in [0.25, 0.3) is 0 Å².